The number of sulfone groups is 1. The first-order chi connectivity index (χ1) is 11.8. The van der Waals surface area contributed by atoms with Gasteiger partial charge >= 0.3 is 0 Å². The molecule has 2 unspecified atom stereocenters. The Labute approximate surface area is 175 Å². The van der Waals surface area contributed by atoms with E-state index in [9.17, 15) is 13.2 Å². The number of carbonyl (C=O) groups excluding carboxylic acids is 1. The molecule has 1 fully saturated rings. The third kappa shape index (κ3) is 9.94. The number of aliphatic imine (C=N–C) groups is 1. The number of hydrogen-bond acceptors (Lipinski definition) is 4. The Morgan fingerprint density at radius 3 is 2.50 bits per heavy atom. The van der Waals surface area contributed by atoms with Crippen LogP contribution in [0.1, 0.15) is 52.9 Å². The van der Waals surface area contributed by atoms with Crippen LogP contribution in [0, 0.1) is 0 Å². The van der Waals surface area contributed by atoms with Crippen molar-refractivity contribution in [1.29, 1.82) is 0 Å². The molecule has 2 atom stereocenters. The highest BCUT2D eigenvalue weighted by atomic mass is 127. The number of rotatable bonds is 10. The van der Waals surface area contributed by atoms with Crippen LogP contribution < -0.4 is 10.6 Å². The Kier molecular flexibility index (Phi) is 12.5. The molecule has 26 heavy (non-hydrogen) atoms. The van der Waals surface area contributed by atoms with Crippen molar-refractivity contribution in [1.82, 2.24) is 15.5 Å². The van der Waals surface area contributed by atoms with E-state index >= 15 is 0 Å². The summed E-state index contributed by atoms with van der Waals surface area (Å²) in [4.78, 5) is 18.5. The van der Waals surface area contributed by atoms with Gasteiger partial charge in [0.05, 0.1) is 5.75 Å². The Morgan fingerprint density at radius 2 is 2.00 bits per heavy atom. The van der Waals surface area contributed by atoms with E-state index < -0.39 is 9.84 Å². The Morgan fingerprint density at radius 1 is 1.31 bits per heavy atom. The van der Waals surface area contributed by atoms with Crippen molar-refractivity contribution >= 4 is 45.7 Å². The molecule has 7 nitrogen and oxygen atoms in total. The molecule has 1 heterocycles. The van der Waals surface area contributed by atoms with Gasteiger partial charge in [0, 0.05) is 44.4 Å². The smallest absolute Gasteiger partial charge is 0.222 e. The maximum absolute atomic E-state index is 11.9. The van der Waals surface area contributed by atoms with E-state index in [-0.39, 0.29) is 47.7 Å². The molecule has 9 heteroatoms. The van der Waals surface area contributed by atoms with Gasteiger partial charge in [0.25, 0.3) is 0 Å². The SMILES string of the molecule is CCNC(=NCCC(CC)N1CCCC1=O)NC(C)CCS(C)(=O)=O.I. The van der Waals surface area contributed by atoms with Crippen molar-refractivity contribution < 1.29 is 13.2 Å². The maximum Gasteiger partial charge on any atom is 0.222 e. The first-order valence-electron chi connectivity index (χ1n) is 9.28. The average molecular weight is 502 g/mol. The van der Waals surface area contributed by atoms with Crippen molar-refractivity contribution in [3.8, 4) is 0 Å². The van der Waals surface area contributed by atoms with Crippen LogP contribution in [0.25, 0.3) is 0 Å². The molecule has 1 rings (SSSR count). The zero-order valence-electron chi connectivity index (χ0n) is 16.5. The van der Waals surface area contributed by atoms with E-state index in [1.807, 2.05) is 18.7 Å². The van der Waals surface area contributed by atoms with Gasteiger partial charge in [-0.2, -0.15) is 0 Å². The summed E-state index contributed by atoms with van der Waals surface area (Å²) < 4.78 is 22.5. The van der Waals surface area contributed by atoms with Crippen LogP contribution >= 0.6 is 24.0 Å². The van der Waals surface area contributed by atoms with Gasteiger partial charge in [-0.05, 0) is 39.5 Å². The molecule has 1 saturated heterocycles. The summed E-state index contributed by atoms with van der Waals surface area (Å²) in [5.41, 5.74) is 0. The molecule has 0 aromatic rings. The summed E-state index contributed by atoms with van der Waals surface area (Å²) in [7, 11) is -2.95. The van der Waals surface area contributed by atoms with E-state index in [0.29, 0.717) is 25.3 Å². The number of carbonyl (C=O) groups is 1. The summed E-state index contributed by atoms with van der Waals surface area (Å²) in [5.74, 6) is 1.12. The number of likely N-dealkylation sites (tertiary alicyclic amines) is 1. The summed E-state index contributed by atoms with van der Waals surface area (Å²) in [6.07, 6.45) is 5.21. The lowest BCUT2D eigenvalue weighted by Gasteiger charge is -2.26. The van der Waals surface area contributed by atoms with Crippen LogP contribution in [-0.4, -0.2) is 68.9 Å². The Hall–Kier alpha value is -0.580. The van der Waals surface area contributed by atoms with Gasteiger partial charge in [-0.3, -0.25) is 9.79 Å². The summed E-state index contributed by atoms with van der Waals surface area (Å²) in [5, 5.41) is 6.44. The van der Waals surface area contributed by atoms with E-state index in [4.69, 9.17) is 0 Å². The molecule has 0 aromatic carbocycles. The van der Waals surface area contributed by atoms with Crippen molar-refractivity contribution in [2.75, 3.05) is 31.6 Å². The normalized spacial score (nSPS) is 17.6. The minimum absolute atomic E-state index is 0. The fourth-order valence-electron chi connectivity index (χ4n) is 2.98. The second kappa shape index (κ2) is 12.7. The Balaban J connectivity index is 0.00000625. The molecule has 0 radical (unpaired) electrons. The highest BCUT2D eigenvalue weighted by Crippen LogP contribution is 2.18. The van der Waals surface area contributed by atoms with E-state index in [1.54, 1.807) is 0 Å². The van der Waals surface area contributed by atoms with Crippen LogP contribution in [0.2, 0.25) is 0 Å². The molecule has 0 aromatic heterocycles. The van der Waals surface area contributed by atoms with E-state index in [2.05, 4.69) is 22.5 Å². The molecule has 0 bridgehead atoms. The highest BCUT2D eigenvalue weighted by Gasteiger charge is 2.26. The number of nitrogens with one attached hydrogen (secondary N) is 2. The zero-order chi connectivity index (χ0) is 18.9. The predicted molar refractivity (Wildman–Crippen MR) is 118 cm³/mol. The number of hydrogen-bond donors (Lipinski definition) is 2. The molecule has 0 saturated carbocycles. The van der Waals surface area contributed by atoms with Gasteiger partial charge in [0.15, 0.2) is 5.96 Å². The van der Waals surface area contributed by atoms with Crippen molar-refractivity contribution in [3.63, 3.8) is 0 Å². The maximum atomic E-state index is 11.9. The topological polar surface area (TPSA) is 90.9 Å². The Bertz CT molecular complexity index is 554. The molecular weight excluding hydrogens is 467 g/mol. The zero-order valence-corrected chi connectivity index (χ0v) is 19.6. The first-order valence-corrected chi connectivity index (χ1v) is 11.3. The minimum Gasteiger partial charge on any atom is -0.357 e. The van der Waals surface area contributed by atoms with Gasteiger partial charge < -0.3 is 15.5 Å². The molecule has 0 aliphatic carbocycles. The van der Waals surface area contributed by atoms with Crippen LogP contribution in [0.15, 0.2) is 4.99 Å². The molecule has 2 N–H and O–H groups in total. The van der Waals surface area contributed by atoms with Crippen molar-refractivity contribution in [2.45, 2.75) is 65.0 Å². The largest absolute Gasteiger partial charge is 0.357 e. The lowest BCUT2D eigenvalue weighted by molar-refractivity contribution is -0.129. The molecular formula is C17H35IN4O3S. The second-order valence-corrected chi connectivity index (χ2v) is 9.03. The molecule has 154 valence electrons. The van der Waals surface area contributed by atoms with Gasteiger partial charge in [-0.25, -0.2) is 8.42 Å². The van der Waals surface area contributed by atoms with Gasteiger partial charge in [-0.15, -0.1) is 24.0 Å². The highest BCUT2D eigenvalue weighted by molar-refractivity contribution is 14.0. The standard InChI is InChI=1S/C17H34N4O3S.HI/c1-5-15(21-12-7-8-16(21)22)9-11-19-17(18-6-2)20-14(3)10-13-25(4,23)24;/h14-15H,5-13H2,1-4H3,(H2,18,19,20);1H. The lowest BCUT2D eigenvalue weighted by Crippen LogP contribution is -2.43. The van der Waals surface area contributed by atoms with Gasteiger partial charge in [0.1, 0.15) is 9.84 Å². The van der Waals surface area contributed by atoms with Crippen LogP contribution in [-0.2, 0) is 14.6 Å². The third-order valence-electron chi connectivity index (χ3n) is 4.40. The monoisotopic (exact) mass is 502 g/mol. The fourth-order valence-corrected chi connectivity index (χ4v) is 3.76. The van der Waals surface area contributed by atoms with E-state index in [0.717, 1.165) is 32.4 Å². The van der Waals surface area contributed by atoms with Crippen LogP contribution in [0.3, 0.4) is 0 Å². The fraction of sp³-hybridized carbons (Fsp3) is 0.882. The number of guanidine groups is 1. The molecule has 1 amide bonds. The quantitative estimate of drug-likeness (QED) is 0.270. The summed E-state index contributed by atoms with van der Waals surface area (Å²) in [6, 6.07) is 0.277. The molecule has 1 aliphatic heterocycles. The predicted octanol–water partition coefficient (Wildman–Crippen LogP) is 1.77. The van der Waals surface area contributed by atoms with Crippen molar-refractivity contribution in [3.05, 3.63) is 0 Å². The van der Waals surface area contributed by atoms with Crippen LogP contribution in [0.4, 0.5) is 0 Å². The lowest BCUT2D eigenvalue weighted by atomic mass is 10.1. The third-order valence-corrected chi connectivity index (χ3v) is 5.38. The van der Waals surface area contributed by atoms with Gasteiger partial charge in [0.2, 0.25) is 5.91 Å². The number of halogens is 1. The summed E-state index contributed by atoms with van der Waals surface area (Å²) >= 11 is 0. The van der Waals surface area contributed by atoms with Crippen molar-refractivity contribution in [2.24, 2.45) is 4.99 Å². The number of amides is 1. The van der Waals surface area contributed by atoms with E-state index in [1.165, 1.54) is 6.26 Å². The van der Waals surface area contributed by atoms with Gasteiger partial charge in [-0.1, -0.05) is 6.92 Å². The average Bonchev–Trinajstić information content (AvgIpc) is 2.95. The first kappa shape index (κ1) is 25.4. The molecule has 1 aliphatic rings. The van der Waals surface area contributed by atoms with Crippen LogP contribution in [0.5, 0.6) is 0 Å². The molecule has 0 spiro atoms. The second-order valence-electron chi connectivity index (χ2n) is 6.77. The minimum atomic E-state index is -2.95. The number of nitrogens with zero attached hydrogens (tertiary/aromatic N) is 2. The summed E-state index contributed by atoms with van der Waals surface area (Å²) in [6.45, 7) is 8.30.